The van der Waals surface area contributed by atoms with Gasteiger partial charge in [-0.05, 0) is 91.7 Å². The standard InChI is InChI=1S/C71H62N4O2/c1-3-5-7-9-11-17-41-71(42-18-12-10-8-6-4-2)65-43-53(51-33-29-49(30-34-51)21-19-27-63-67(55(45-72)46-73)59-23-13-15-25-61(59)69(63)76)37-39-57(65)58-40-38-54(44-66(58)71)52-35-31-50(32-36-52)22-20-28-64-68(56(47-74)48-75)60-24-14-16-26-62(60)70(64)77/h13-16,19-40,43-44H,3-12,17-18,41-42H2,1-2H3/b21-19+,22-20+,63-27-,64-28-. The van der Waals surface area contributed by atoms with Crippen LogP contribution < -0.4 is 0 Å². The van der Waals surface area contributed by atoms with Gasteiger partial charge >= 0.3 is 0 Å². The molecule has 77 heavy (non-hydrogen) atoms. The topological polar surface area (TPSA) is 129 Å². The fourth-order valence-electron chi connectivity index (χ4n) is 11.8. The predicted octanol–water partition coefficient (Wildman–Crippen LogP) is 18.1. The third-order valence-electron chi connectivity index (χ3n) is 15.7. The number of nitriles is 4. The van der Waals surface area contributed by atoms with Gasteiger partial charge in [0.15, 0.2) is 11.6 Å². The molecule has 3 aliphatic carbocycles. The van der Waals surface area contributed by atoms with Crippen LogP contribution >= 0.6 is 0 Å². The van der Waals surface area contributed by atoms with E-state index in [1.165, 1.54) is 97.6 Å². The summed E-state index contributed by atoms with van der Waals surface area (Å²) in [5, 5.41) is 39.0. The first-order valence-electron chi connectivity index (χ1n) is 27.4. The molecular weight excluding hydrogens is 941 g/mol. The van der Waals surface area contributed by atoms with Crippen LogP contribution in [0.2, 0.25) is 0 Å². The monoisotopic (exact) mass is 1000 g/mol. The fraction of sp³-hybridized carbons (Fsp3) is 0.239. The van der Waals surface area contributed by atoms with E-state index in [0.29, 0.717) is 44.5 Å². The Balaban J connectivity index is 1.02. The van der Waals surface area contributed by atoms with E-state index in [2.05, 4.69) is 98.8 Å². The Kier molecular flexibility index (Phi) is 16.9. The average molecular weight is 1000 g/mol. The number of nitrogens with zero attached hydrogens (tertiary/aromatic N) is 4. The van der Waals surface area contributed by atoms with Crippen LogP contribution in [-0.4, -0.2) is 11.6 Å². The molecule has 0 radical (unpaired) electrons. The van der Waals surface area contributed by atoms with E-state index in [-0.39, 0.29) is 28.1 Å². The van der Waals surface area contributed by atoms with Gasteiger partial charge in [-0.2, -0.15) is 21.0 Å². The van der Waals surface area contributed by atoms with E-state index >= 15 is 0 Å². The maximum absolute atomic E-state index is 13.4. The summed E-state index contributed by atoms with van der Waals surface area (Å²) in [5.74, 6) is -0.386. The van der Waals surface area contributed by atoms with Crippen LogP contribution in [0.4, 0.5) is 0 Å². The molecule has 0 unspecified atom stereocenters. The normalized spacial score (nSPS) is 14.8. The van der Waals surface area contributed by atoms with Crippen molar-refractivity contribution in [3.05, 3.63) is 225 Å². The summed E-state index contributed by atoms with van der Waals surface area (Å²) >= 11 is 0. The Morgan fingerprint density at radius 2 is 0.766 bits per heavy atom. The molecule has 378 valence electrons. The highest BCUT2D eigenvalue weighted by atomic mass is 16.1. The molecule has 0 saturated carbocycles. The van der Waals surface area contributed by atoms with Crippen LogP contribution in [0.3, 0.4) is 0 Å². The van der Waals surface area contributed by atoms with Crippen LogP contribution in [0.15, 0.2) is 180 Å². The van der Waals surface area contributed by atoms with Gasteiger partial charge < -0.3 is 0 Å². The lowest BCUT2D eigenvalue weighted by atomic mass is 9.70. The van der Waals surface area contributed by atoms with Crippen molar-refractivity contribution < 1.29 is 9.59 Å². The van der Waals surface area contributed by atoms with Gasteiger partial charge in [-0.25, -0.2) is 0 Å². The second-order valence-corrected chi connectivity index (χ2v) is 20.5. The van der Waals surface area contributed by atoms with Gasteiger partial charge in [0.2, 0.25) is 0 Å². The van der Waals surface area contributed by atoms with E-state index in [1.807, 2.05) is 60.7 Å². The first-order valence-corrected chi connectivity index (χ1v) is 27.4. The molecule has 0 bridgehead atoms. The van der Waals surface area contributed by atoms with Gasteiger partial charge in [-0.15, -0.1) is 0 Å². The highest BCUT2D eigenvalue weighted by molar-refractivity contribution is 6.28. The number of Topliss-reactive ketones (excluding diaryl/α,β-unsaturated/α-hetero) is 2. The van der Waals surface area contributed by atoms with Crippen LogP contribution in [-0.2, 0) is 5.41 Å². The molecule has 6 aromatic rings. The smallest absolute Gasteiger partial charge is 0.194 e. The molecule has 6 aromatic carbocycles. The number of hydrogen-bond donors (Lipinski definition) is 0. The number of rotatable bonds is 20. The Bertz CT molecular complexity index is 3350. The van der Waals surface area contributed by atoms with Crippen molar-refractivity contribution in [3.8, 4) is 57.7 Å². The molecule has 6 heteroatoms. The molecule has 3 aliphatic rings. The Morgan fingerprint density at radius 1 is 0.416 bits per heavy atom. The average Bonchev–Trinajstić information content (AvgIpc) is 4.10. The van der Waals surface area contributed by atoms with E-state index in [0.717, 1.165) is 47.9 Å². The lowest BCUT2D eigenvalue weighted by Crippen LogP contribution is -2.25. The van der Waals surface area contributed by atoms with E-state index in [9.17, 15) is 30.6 Å². The van der Waals surface area contributed by atoms with Gasteiger partial charge in [-0.3, -0.25) is 9.59 Å². The molecule has 0 heterocycles. The summed E-state index contributed by atoms with van der Waals surface area (Å²) in [6, 6.07) is 53.5. The molecule has 0 atom stereocenters. The lowest BCUT2D eigenvalue weighted by molar-refractivity contribution is 0.103. The first kappa shape index (κ1) is 52.9. The summed E-state index contributed by atoms with van der Waals surface area (Å²) in [6.07, 6.45) is 27.9. The highest BCUT2D eigenvalue weighted by Gasteiger charge is 2.43. The van der Waals surface area contributed by atoms with E-state index in [4.69, 9.17) is 0 Å². The number of carbonyl (C=O) groups is 2. The third-order valence-corrected chi connectivity index (χ3v) is 15.7. The maximum Gasteiger partial charge on any atom is 0.194 e. The molecule has 0 spiro atoms. The number of hydrogen-bond acceptors (Lipinski definition) is 6. The number of fused-ring (bicyclic) bond motifs is 5. The molecule has 0 amide bonds. The molecule has 9 rings (SSSR count). The summed E-state index contributed by atoms with van der Waals surface area (Å²) in [7, 11) is 0. The van der Waals surface area contributed by atoms with Crippen molar-refractivity contribution in [1.29, 1.82) is 21.0 Å². The predicted molar refractivity (Wildman–Crippen MR) is 312 cm³/mol. The van der Waals surface area contributed by atoms with Crippen molar-refractivity contribution in [3.63, 3.8) is 0 Å². The van der Waals surface area contributed by atoms with Crippen LogP contribution in [0, 0.1) is 45.3 Å². The Morgan fingerprint density at radius 3 is 1.14 bits per heavy atom. The van der Waals surface area contributed by atoms with E-state index < -0.39 is 0 Å². The molecule has 0 saturated heterocycles. The zero-order valence-electron chi connectivity index (χ0n) is 44.2. The molecule has 0 N–H and O–H groups in total. The molecule has 6 nitrogen and oxygen atoms in total. The van der Waals surface area contributed by atoms with Crippen molar-refractivity contribution in [2.24, 2.45) is 0 Å². The maximum atomic E-state index is 13.4. The molecule has 0 fully saturated rings. The minimum atomic E-state index is -0.193. The molecular formula is C71H62N4O2. The van der Waals surface area contributed by atoms with Crippen LogP contribution in [0.5, 0.6) is 0 Å². The van der Waals surface area contributed by atoms with E-state index in [1.54, 1.807) is 48.6 Å². The number of ketones is 2. The van der Waals surface area contributed by atoms with Crippen molar-refractivity contribution in [2.45, 2.75) is 109 Å². The summed E-state index contributed by atoms with van der Waals surface area (Å²) in [4.78, 5) is 26.9. The van der Waals surface area contributed by atoms with Crippen molar-refractivity contribution in [2.75, 3.05) is 0 Å². The van der Waals surface area contributed by atoms with Gasteiger partial charge in [-0.1, -0.05) is 249 Å². The van der Waals surface area contributed by atoms with Gasteiger partial charge in [0.25, 0.3) is 0 Å². The summed E-state index contributed by atoms with van der Waals surface area (Å²) in [6.45, 7) is 4.55. The van der Waals surface area contributed by atoms with Gasteiger partial charge in [0.1, 0.15) is 35.4 Å². The van der Waals surface area contributed by atoms with Crippen molar-refractivity contribution in [1.82, 2.24) is 0 Å². The largest absolute Gasteiger partial charge is 0.289 e. The zero-order valence-corrected chi connectivity index (χ0v) is 44.2. The number of unbranched alkanes of at least 4 members (excludes halogenated alkanes) is 10. The number of benzene rings is 6. The second kappa shape index (κ2) is 24.6. The number of carbonyl (C=O) groups excluding carboxylic acids is 2. The SMILES string of the molecule is CCCCCCCCC1(CCCCCCCC)c2cc(-c3ccc(/C=C/C=C4\C(=O)c5ccccc5C4=C(C#N)C#N)cc3)ccc2-c2ccc(-c3ccc(/C=C/C=C4\C(=O)c5ccccc5C4=C(C#N)C#N)cc3)cc21. The second-order valence-electron chi connectivity index (χ2n) is 20.5. The van der Waals surface area contributed by atoms with Crippen LogP contribution in [0.1, 0.15) is 158 Å². The highest BCUT2D eigenvalue weighted by Crippen LogP contribution is 2.56. The van der Waals surface area contributed by atoms with Crippen molar-refractivity contribution >= 4 is 34.9 Å². The number of allylic oxidation sites excluding steroid dienone is 10. The minimum Gasteiger partial charge on any atom is -0.289 e. The fourth-order valence-corrected chi connectivity index (χ4v) is 11.8. The summed E-state index contributed by atoms with van der Waals surface area (Å²) in [5.41, 5.74) is 15.4. The lowest BCUT2D eigenvalue weighted by Gasteiger charge is -2.33. The molecule has 0 aromatic heterocycles. The van der Waals surface area contributed by atoms with Crippen LogP contribution in [0.25, 0.3) is 56.7 Å². The summed E-state index contributed by atoms with van der Waals surface area (Å²) < 4.78 is 0. The third kappa shape index (κ3) is 10.9. The van der Waals surface area contributed by atoms with Gasteiger partial charge in [0.05, 0.1) is 0 Å². The zero-order chi connectivity index (χ0) is 53.7. The first-order chi connectivity index (χ1) is 37.8. The Labute approximate surface area is 454 Å². The van der Waals surface area contributed by atoms with Gasteiger partial charge in [0, 0.05) is 38.8 Å². The molecule has 0 aliphatic heterocycles. The Hall–Kier alpha value is -8.94. The minimum absolute atomic E-state index is 0.0741. The quantitative estimate of drug-likeness (QED) is 0.0425.